The molecule has 0 bridgehead atoms. The molecular formula is C22H30N4O2. The van der Waals surface area contributed by atoms with Crippen molar-refractivity contribution in [2.75, 3.05) is 6.54 Å². The van der Waals surface area contributed by atoms with Crippen LogP contribution in [0, 0.1) is 11.8 Å². The van der Waals surface area contributed by atoms with Crippen LogP contribution in [0.5, 0.6) is 0 Å². The molecule has 6 nitrogen and oxygen atoms in total. The lowest BCUT2D eigenvalue weighted by Gasteiger charge is -2.40. The van der Waals surface area contributed by atoms with Crippen molar-refractivity contribution in [2.24, 2.45) is 11.8 Å². The largest absolute Gasteiger partial charge is 0.350 e. The lowest BCUT2D eigenvalue weighted by molar-refractivity contribution is -0.130. The minimum absolute atomic E-state index is 0.0172. The third-order valence-electron chi connectivity index (χ3n) is 5.01. The van der Waals surface area contributed by atoms with Gasteiger partial charge in [0.1, 0.15) is 17.6 Å². The monoisotopic (exact) mass is 382 g/mol. The normalized spacial score (nSPS) is 19.9. The number of hydrogen-bond acceptors (Lipinski definition) is 3. The molecule has 1 aliphatic rings. The SMILES string of the molecule is CC(C)CC1CN(C(=O)c2cnc(-c3ccccc3)[nH]2)[C@@H](CC(C)C)C(=O)N1. The van der Waals surface area contributed by atoms with Crippen LogP contribution in [0.3, 0.4) is 0 Å². The lowest BCUT2D eigenvalue weighted by atomic mass is 9.95. The van der Waals surface area contributed by atoms with Gasteiger partial charge in [0.2, 0.25) is 5.91 Å². The van der Waals surface area contributed by atoms with E-state index in [0.717, 1.165) is 12.0 Å². The van der Waals surface area contributed by atoms with E-state index < -0.39 is 6.04 Å². The number of piperazine rings is 1. The number of benzene rings is 1. The van der Waals surface area contributed by atoms with Gasteiger partial charge in [-0.3, -0.25) is 9.59 Å². The zero-order valence-corrected chi connectivity index (χ0v) is 17.1. The third-order valence-corrected chi connectivity index (χ3v) is 5.01. The Morgan fingerprint density at radius 2 is 1.82 bits per heavy atom. The molecule has 1 unspecified atom stereocenters. The molecule has 1 aromatic carbocycles. The van der Waals surface area contributed by atoms with Crippen molar-refractivity contribution < 1.29 is 9.59 Å². The maximum absolute atomic E-state index is 13.3. The molecule has 2 amide bonds. The second kappa shape index (κ2) is 8.59. The Hall–Kier alpha value is -2.63. The van der Waals surface area contributed by atoms with E-state index in [-0.39, 0.29) is 17.9 Å². The first kappa shape index (κ1) is 20.1. The predicted octanol–water partition coefficient (Wildman–Crippen LogP) is 3.48. The van der Waals surface area contributed by atoms with Crippen molar-refractivity contribution in [3.63, 3.8) is 0 Å². The van der Waals surface area contributed by atoms with E-state index in [1.165, 1.54) is 0 Å². The summed E-state index contributed by atoms with van der Waals surface area (Å²) in [6.07, 6.45) is 3.06. The topological polar surface area (TPSA) is 78.1 Å². The Morgan fingerprint density at radius 1 is 1.14 bits per heavy atom. The lowest BCUT2D eigenvalue weighted by Crippen LogP contribution is -2.62. The van der Waals surface area contributed by atoms with Crippen molar-refractivity contribution in [1.82, 2.24) is 20.2 Å². The molecule has 3 rings (SSSR count). The van der Waals surface area contributed by atoms with Crippen molar-refractivity contribution >= 4 is 11.8 Å². The highest BCUT2D eigenvalue weighted by molar-refractivity contribution is 5.97. The molecule has 0 spiro atoms. The number of H-pyrrole nitrogens is 1. The fourth-order valence-corrected chi connectivity index (χ4v) is 3.78. The van der Waals surface area contributed by atoms with Crippen LogP contribution in [0.4, 0.5) is 0 Å². The summed E-state index contributed by atoms with van der Waals surface area (Å²) in [7, 11) is 0. The van der Waals surface area contributed by atoms with Crippen LogP contribution < -0.4 is 5.32 Å². The van der Waals surface area contributed by atoms with Gasteiger partial charge in [-0.2, -0.15) is 0 Å². The van der Waals surface area contributed by atoms with Gasteiger partial charge in [0.15, 0.2) is 0 Å². The van der Waals surface area contributed by atoms with Gasteiger partial charge in [0.25, 0.3) is 5.91 Å². The molecule has 2 N–H and O–H groups in total. The van der Waals surface area contributed by atoms with E-state index >= 15 is 0 Å². The maximum atomic E-state index is 13.3. The Bertz CT molecular complexity index is 813. The van der Waals surface area contributed by atoms with E-state index in [4.69, 9.17) is 0 Å². The van der Waals surface area contributed by atoms with E-state index in [2.05, 4.69) is 43.0 Å². The summed E-state index contributed by atoms with van der Waals surface area (Å²) in [5, 5.41) is 3.11. The number of nitrogens with zero attached hydrogens (tertiary/aromatic N) is 2. The number of aromatic nitrogens is 2. The molecule has 1 aliphatic heterocycles. The van der Waals surface area contributed by atoms with Crippen molar-refractivity contribution in [2.45, 2.75) is 52.6 Å². The first-order valence-corrected chi connectivity index (χ1v) is 10.1. The summed E-state index contributed by atoms with van der Waals surface area (Å²) in [6, 6.07) is 9.24. The van der Waals surface area contributed by atoms with E-state index in [9.17, 15) is 9.59 Å². The minimum Gasteiger partial charge on any atom is -0.350 e. The van der Waals surface area contributed by atoms with Gasteiger partial charge in [0, 0.05) is 18.2 Å². The number of amides is 2. The van der Waals surface area contributed by atoms with Crippen LogP contribution in [0.2, 0.25) is 0 Å². The second-order valence-corrected chi connectivity index (χ2v) is 8.45. The highest BCUT2D eigenvalue weighted by Gasteiger charge is 2.38. The van der Waals surface area contributed by atoms with Crippen LogP contribution in [0.15, 0.2) is 36.5 Å². The van der Waals surface area contributed by atoms with Gasteiger partial charge in [-0.25, -0.2) is 4.98 Å². The summed E-state index contributed by atoms with van der Waals surface area (Å²) < 4.78 is 0. The number of imidazole rings is 1. The number of hydrogen-bond donors (Lipinski definition) is 2. The quantitative estimate of drug-likeness (QED) is 0.803. The summed E-state index contributed by atoms with van der Waals surface area (Å²) in [5.41, 5.74) is 1.35. The summed E-state index contributed by atoms with van der Waals surface area (Å²) >= 11 is 0. The van der Waals surface area contributed by atoms with Gasteiger partial charge >= 0.3 is 0 Å². The van der Waals surface area contributed by atoms with Gasteiger partial charge in [-0.1, -0.05) is 58.0 Å². The zero-order valence-electron chi connectivity index (χ0n) is 17.1. The molecule has 1 fully saturated rings. The van der Waals surface area contributed by atoms with Crippen LogP contribution in [-0.4, -0.2) is 45.3 Å². The average Bonchev–Trinajstić information content (AvgIpc) is 3.13. The highest BCUT2D eigenvalue weighted by Crippen LogP contribution is 2.22. The van der Waals surface area contributed by atoms with Crippen LogP contribution in [-0.2, 0) is 4.79 Å². The predicted molar refractivity (Wildman–Crippen MR) is 110 cm³/mol. The first-order chi connectivity index (χ1) is 13.3. The van der Waals surface area contributed by atoms with Gasteiger partial charge < -0.3 is 15.2 Å². The molecule has 0 saturated carbocycles. The molecule has 28 heavy (non-hydrogen) atoms. The second-order valence-electron chi connectivity index (χ2n) is 8.45. The fourth-order valence-electron chi connectivity index (χ4n) is 3.78. The van der Waals surface area contributed by atoms with Gasteiger partial charge in [-0.15, -0.1) is 0 Å². The van der Waals surface area contributed by atoms with Crippen LogP contribution in [0.1, 0.15) is 51.0 Å². The maximum Gasteiger partial charge on any atom is 0.272 e. The van der Waals surface area contributed by atoms with E-state index in [1.807, 2.05) is 30.3 Å². The van der Waals surface area contributed by atoms with Crippen molar-refractivity contribution in [3.8, 4) is 11.4 Å². The van der Waals surface area contributed by atoms with Crippen LogP contribution in [0.25, 0.3) is 11.4 Å². The Kier molecular flexibility index (Phi) is 6.17. The fraction of sp³-hybridized carbons (Fsp3) is 0.500. The van der Waals surface area contributed by atoms with Crippen molar-refractivity contribution in [3.05, 3.63) is 42.2 Å². The Balaban J connectivity index is 1.85. The molecular weight excluding hydrogens is 352 g/mol. The number of rotatable bonds is 6. The molecule has 2 aromatic rings. The molecule has 1 saturated heterocycles. The summed E-state index contributed by atoms with van der Waals surface area (Å²) in [4.78, 5) is 35.3. The highest BCUT2D eigenvalue weighted by atomic mass is 16.2. The number of carbonyl (C=O) groups excluding carboxylic acids is 2. The molecule has 1 aromatic heterocycles. The Labute approximate surface area is 166 Å². The van der Waals surface area contributed by atoms with Crippen molar-refractivity contribution in [1.29, 1.82) is 0 Å². The van der Waals surface area contributed by atoms with E-state index in [0.29, 0.717) is 36.3 Å². The van der Waals surface area contributed by atoms with E-state index in [1.54, 1.807) is 11.1 Å². The van der Waals surface area contributed by atoms with Gasteiger partial charge in [-0.05, 0) is 24.7 Å². The average molecular weight is 383 g/mol. The molecule has 2 atom stereocenters. The standard InChI is InChI=1S/C22H30N4O2/c1-14(2)10-17-13-26(19(11-15(3)4)21(27)24-17)22(28)18-12-23-20(25-18)16-8-6-5-7-9-16/h5-9,12,14-15,17,19H,10-11,13H2,1-4H3,(H,23,25)(H,24,27)/t17?,19-/m0/s1. The number of aromatic amines is 1. The minimum atomic E-state index is -0.445. The molecule has 2 heterocycles. The van der Waals surface area contributed by atoms with Crippen LogP contribution >= 0.6 is 0 Å². The summed E-state index contributed by atoms with van der Waals surface area (Å²) in [5.74, 6) is 1.20. The Morgan fingerprint density at radius 3 is 2.46 bits per heavy atom. The molecule has 150 valence electrons. The molecule has 6 heteroatoms. The molecule has 0 radical (unpaired) electrons. The zero-order chi connectivity index (χ0) is 20.3. The summed E-state index contributed by atoms with van der Waals surface area (Å²) in [6.45, 7) is 8.92. The first-order valence-electron chi connectivity index (χ1n) is 10.1. The number of nitrogens with one attached hydrogen (secondary N) is 2. The smallest absolute Gasteiger partial charge is 0.272 e. The third kappa shape index (κ3) is 4.61. The van der Waals surface area contributed by atoms with Gasteiger partial charge in [0.05, 0.1) is 6.20 Å². The molecule has 0 aliphatic carbocycles. The number of carbonyl (C=O) groups is 2.